The summed E-state index contributed by atoms with van der Waals surface area (Å²) in [5.41, 5.74) is 4.79. The van der Waals surface area contributed by atoms with Gasteiger partial charge in [0, 0.05) is 6.54 Å². The first-order valence-electron chi connectivity index (χ1n) is 6.47. The second-order valence-corrected chi connectivity index (χ2v) is 4.94. The highest BCUT2D eigenvalue weighted by molar-refractivity contribution is 5.39. The quantitative estimate of drug-likeness (QED) is 0.748. The van der Waals surface area contributed by atoms with Crippen molar-refractivity contribution in [2.24, 2.45) is 0 Å². The summed E-state index contributed by atoms with van der Waals surface area (Å²) in [5.74, 6) is 0.788. The maximum atomic E-state index is 3.50. The van der Waals surface area contributed by atoms with Crippen molar-refractivity contribution in [2.45, 2.75) is 31.7 Å². The molecule has 2 heteroatoms. The zero-order valence-corrected chi connectivity index (χ0v) is 9.76. The van der Waals surface area contributed by atoms with E-state index < -0.39 is 0 Å². The molecule has 0 spiro atoms. The minimum atomic E-state index is 0.788. The van der Waals surface area contributed by atoms with Crippen LogP contribution in [-0.2, 0) is 13.0 Å². The van der Waals surface area contributed by atoms with Crippen molar-refractivity contribution in [2.75, 3.05) is 19.6 Å². The first-order valence-corrected chi connectivity index (χ1v) is 6.47. The summed E-state index contributed by atoms with van der Waals surface area (Å²) in [7, 11) is 0. The van der Waals surface area contributed by atoms with Gasteiger partial charge in [0.1, 0.15) is 0 Å². The summed E-state index contributed by atoms with van der Waals surface area (Å²) >= 11 is 0. The monoisotopic (exact) mass is 216 g/mol. The van der Waals surface area contributed by atoms with Gasteiger partial charge >= 0.3 is 0 Å². The summed E-state index contributed by atoms with van der Waals surface area (Å²) in [6, 6.07) is 6.91. The van der Waals surface area contributed by atoms with E-state index in [1.54, 1.807) is 16.7 Å². The van der Waals surface area contributed by atoms with Crippen molar-refractivity contribution in [1.29, 1.82) is 0 Å². The minimum Gasteiger partial charge on any atom is -0.317 e. The second-order valence-electron chi connectivity index (χ2n) is 4.94. The third-order valence-corrected chi connectivity index (χ3v) is 3.96. The van der Waals surface area contributed by atoms with Crippen molar-refractivity contribution in [3.05, 3.63) is 34.9 Å². The van der Waals surface area contributed by atoms with Crippen LogP contribution in [0.3, 0.4) is 0 Å². The number of nitrogens with one attached hydrogen (secondary N) is 2. The molecule has 86 valence electrons. The lowest BCUT2D eigenvalue weighted by molar-refractivity contribution is 0.455. The summed E-state index contributed by atoms with van der Waals surface area (Å²) in [6.07, 6.45) is 3.81. The molecule has 0 aliphatic carbocycles. The smallest absolute Gasteiger partial charge is 0.0211 e. The highest BCUT2D eigenvalue weighted by Crippen LogP contribution is 2.30. The number of piperidine rings is 1. The predicted octanol–water partition coefficient (Wildman–Crippen LogP) is 1.80. The van der Waals surface area contributed by atoms with Crippen molar-refractivity contribution >= 4 is 0 Å². The third kappa shape index (κ3) is 1.87. The van der Waals surface area contributed by atoms with Crippen molar-refractivity contribution in [1.82, 2.24) is 10.6 Å². The molecule has 0 amide bonds. The highest BCUT2D eigenvalue weighted by atomic mass is 14.9. The fourth-order valence-corrected chi connectivity index (χ4v) is 3.06. The van der Waals surface area contributed by atoms with E-state index in [9.17, 15) is 0 Å². The number of hydrogen-bond acceptors (Lipinski definition) is 2. The Balaban J connectivity index is 1.93. The number of rotatable bonds is 1. The Morgan fingerprint density at radius 3 is 2.75 bits per heavy atom. The van der Waals surface area contributed by atoms with Gasteiger partial charge in [-0.2, -0.15) is 0 Å². The molecular formula is C14H20N2. The van der Waals surface area contributed by atoms with Crippen LogP contribution >= 0.6 is 0 Å². The lowest BCUT2D eigenvalue weighted by atomic mass is 9.84. The predicted molar refractivity (Wildman–Crippen MR) is 66.7 cm³/mol. The molecule has 0 unspecified atom stereocenters. The van der Waals surface area contributed by atoms with Crippen molar-refractivity contribution in [3.63, 3.8) is 0 Å². The molecule has 2 aliphatic rings. The van der Waals surface area contributed by atoms with Crippen molar-refractivity contribution < 1.29 is 0 Å². The zero-order chi connectivity index (χ0) is 10.8. The number of hydrogen-bond donors (Lipinski definition) is 2. The first-order chi connectivity index (χ1) is 7.95. The molecule has 1 aromatic carbocycles. The molecule has 0 bridgehead atoms. The van der Waals surface area contributed by atoms with Crippen LogP contribution in [0.2, 0.25) is 0 Å². The van der Waals surface area contributed by atoms with Gasteiger partial charge in [0.2, 0.25) is 0 Å². The molecule has 1 fully saturated rings. The fraction of sp³-hybridized carbons (Fsp3) is 0.571. The summed E-state index contributed by atoms with van der Waals surface area (Å²) in [4.78, 5) is 0. The minimum absolute atomic E-state index is 0.788. The summed E-state index contributed by atoms with van der Waals surface area (Å²) < 4.78 is 0. The van der Waals surface area contributed by atoms with Crippen LogP contribution < -0.4 is 10.6 Å². The molecule has 1 saturated heterocycles. The zero-order valence-electron chi connectivity index (χ0n) is 9.76. The Hall–Kier alpha value is -0.860. The fourth-order valence-electron chi connectivity index (χ4n) is 3.06. The Labute approximate surface area is 97.4 Å². The van der Waals surface area contributed by atoms with Crippen LogP contribution in [0.15, 0.2) is 18.2 Å². The van der Waals surface area contributed by atoms with E-state index in [1.807, 2.05) is 0 Å². The van der Waals surface area contributed by atoms with E-state index in [1.165, 1.54) is 32.4 Å². The van der Waals surface area contributed by atoms with Gasteiger partial charge in [0.15, 0.2) is 0 Å². The molecule has 3 rings (SSSR count). The van der Waals surface area contributed by atoms with Crippen LogP contribution in [0.25, 0.3) is 0 Å². The molecule has 1 aromatic rings. The SMILES string of the molecule is c1cc2c(c(C3CCNCC3)c1)CNCC2. The van der Waals surface area contributed by atoms with Crippen molar-refractivity contribution in [3.8, 4) is 0 Å². The molecule has 2 heterocycles. The average molecular weight is 216 g/mol. The van der Waals surface area contributed by atoms with E-state index in [-0.39, 0.29) is 0 Å². The Morgan fingerprint density at radius 2 is 1.88 bits per heavy atom. The lowest BCUT2D eigenvalue weighted by Gasteiger charge is -2.28. The molecule has 0 radical (unpaired) electrons. The van der Waals surface area contributed by atoms with E-state index >= 15 is 0 Å². The Bertz CT molecular complexity index is 367. The van der Waals surface area contributed by atoms with E-state index in [0.29, 0.717) is 0 Å². The van der Waals surface area contributed by atoms with Gasteiger partial charge in [0.25, 0.3) is 0 Å². The first kappa shape index (κ1) is 10.3. The molecule has 16 heavy (non-hydrogen) atoms. The molecule has 2 nitrogen and oxygen atoms in total. The summed E-state index contributed by atoms with van der Waals surface area (Å²) in [5, 5.41) is 6.95. The van der Waals surface area contributed by atoms with E-state index in [0.717, 1.165) is 19.0 Å². The van der Waals surface area contributed by atoms with Gasteiger partial charge in [-0.25, -0.2) is 0 Å². The van der Waals surface area contributed by atoms with Gasteiger partial charge in [-0.05, 0) is 61.5 Å². The van der Waals surface area contributed by atoms with Crippen LogP contribution in [0.5, 0.6) is 0 Å². The molecule has 0 saturated carbocycles. The average Bonchev–Trinajstić information content (AvgIpc) is 2.39. The maximum Gasteiger partial charge on any atom is 0.0211 e. The third-order valence-electron chi connectivity index (χ3n) is 3.96. The number of fused-ring (bicyclic) bond motifs is 1. The van der Waals surface area contributed by atoms with Gasteiger partial charge in [-0.3, -0.25) is 0 Å². The Morgan fingerprint density at radius 1 is 1.00 bits per heavy atom. The molecule has 2 aliphatic heterocycles. The van der Waals surface area contributed by atoms with Gasteiger partial charge < -0.3 is 10.6 Å². The van der Waals surface area contributed by atoms with Gasteiger partial charge in [0.05, 0.1) is 0 Å². The molecular weight excluding hydrogens is 196 g/mol. The van der Waals surface area contributed by atoms with Crippen LogP contribution in [0.1, 0.15) is 35.4 Å². The maximum absolute atomic E-state index is 3.50. The van der Waals surface area contributed by atoms with E-state index in [2.05, 4.69) is 28.8 Å². The topological polar surface area (TPSA) is 24.1 Å². The second kappa shape index (κ2) is 4.56. The van der Waals surface area contributed by atoms with Crippen LogP contribution in [-0.4, -0.2) is 19.6 Å². The normalized spacial score (nSPS) is 21.8. The van der Waals surface area contributed by atoms with Crippen LogP contribution in [0.4, 0.5) is 0 Å². The highest BCUT2D eigenvalue weighted by Gasteiger charge is 2.20. The number of benzene rings is 1. The molecule has 0 aromatic heterocycles. The lowest BCUT2D eigenvalue weighted by Crippen LogP contribution is -2.29. The van der Waals surface area contributed by atoms with Gasteiger partial charge in [-0.1, -0.05) is 18.2 Å². The Kier molecular flexibility index (Phi) is 2.94. The van der Waals surface area contributed by atoms with E-state index in [4.69, 9.17) is 0 Å². The largest absolute Gasteiger partial charge is 0.317 e. The van der Waals surface area contributed by atoms with Crippen LogP contribution in [0, 0.1) is 0 Å². The van der Waals surface area contributed by atoms with Gasteiger partial charge in [-0.15, -0.1) is 0 Å². The summed E-state index contributed by atoms with van der Waals surface area (Å²) in [6.45, 7) is 4.58. The molecule has 2 N–H and O–H groups in total. The standard InChI is InChI=1S/C14H20N2/c1-2-11-6-9-16-10-14(11)13(3-1)12-4-7-15-8-5-12/h1-3,12,15-16H,4-10H2. The molecule has 0 atom stereocenters.